The molecule has 1 aromatic heterocycles. The van der Waals surface area contributed by atoms with E-state index in [-0.39, 0.29) is 22.8 Å². The molecule has 0 atom stereocenters. The number of hydrogen-bond acceptors (Lipinski definition) is 8. The van der Waals surface area contributed by atoms with Crippen molar-refractivity contribution in [2.45, 2.75) is 24.2 Å². The maximum atomic E-state index is 15.0. The molecule has 37 heavy (non-hydrogen) atoms. The first-order valence-electron chi connectivity index (χ1n) is 10.1. The summed E-state index contributed by atoms with van der Waals surface area (Å²) in [5, 5.41) is 3.34. The van der Waals surface area contributed by atoms with E-state index in [2.05, 4.69) is 15.1 Å². The summed E-state index contributed by atoms with van der Waals surface area (Å²) in [7, 11) is -1.69. The number of alkyl halides is 3. The van der Waals surface area contributed by atoms with Crippen LogP contribution in [0.4, 0.5) is 33.5 Å². The highest BCUT2D eigenvalue weighted by molar-refractivity contribution is 7.92. The number of thiazole rings is 1. The molecule has 200 valence electrons. The summed E-state index contributed by atoms with van der Waals surface area (Å²) >= 11 is 6.91. The van der Waals surface area contributed by atoms with Gasteiger partial charge in [-0.1, -0.05) is 28.2 Å². The number of carbonyl (C=O) groups is 1. The molecule has 1 heterocycles. The maximum absolute atomic E-state index is 15.0. The average Bonchev–Trinajstić information content (AvgIpc) is 3.31. The summed E-state index contributed by atoms with van der Waals surface area (Å²) < 4.78 is 93.3. The Kier molecular flexibility index (Phi) is 8.62. The van der Waals surface area contributed by atoms with E-state index < -0.39 is 49.0 Å². The number of halogens is 6. The second kappa shape index (κ2) is 11.2. The van der Waals surface area contributed by atoms with E-state index >= 15 is 0 Å². The molecular weight excluding hydrogens is 567 g/mol. The van der Waals surface area contributed by atoms with Crippen molar-refractivity contribution in [3.05, 3.63) is 69.0 Å². The molecule has 0 unspecified atom stereocenters. The van der Waals surface area contributed by atoms with Crippen molar-refractivity contribution < 1.29 is 40.0 Å². The molecule has 3 aromatic rings. The predicted molar refractivity (Wildman–Crippen MR) is 126 cm³/mol. The third kappa shape index (κ3) is 6.66. The molecule has 0 saturated heterocycles. The highest BCUT2D eigenvalue weighted by atomic mass is 35.5. The molecule has 1 N–H and O–H groups in total. The van der Waals surface area contributed by atoms with Crippen LogP contribution in [0.3, 0.4) is 0 Å². The van der Waals surface area contributed by atoms with E-state index in [1.165, 1.54) is 12.1 Å². The van der Waals surface area contributed by atoms with E-state index in [4.69, 9.17) is 11.6 Å². The molecule has 0 bridgehead atoms. The van der Waals surface area contributed by atoms with Gasteiger partial charge < -0.3 is 15.1 Å². The Morgan fingerprint density at radius 2 is 1.89 bits per heavy atom. The zero-order valence-electron chi connectivity index (χ0n) is 19.0. The van der Waals surface area contributed by atoms with Gasteiger partial charge in [-0.2, -0.15) is 21.6 Å². The minimum atomic E-state index is -5.55. The minimum Gasteiger partial charge on any atom is -0.380 e. The van der Waals surface area contributed by atoms with Crippen LogP contribution in [0.15, 0.2) is 46.1 Å². The van der Waals surface area contributed by atoms with E-state index in [0.29, 0.717) is 24.2 Å². The SMILES string of the molecule is CN(C)Cc1cccc(F)c1CNc1cc(F)c(S(=O)(=O)N(OC(=O)C(F)(F)F)c2cscn2)cc1Cl. The number of sulfonamides is 1. The van der Waals surface area contributed by atoms with Crippen molar-refractivity contribution in [3.63, 3.8) is 0 Å². The van der Waals surface area contributed by atoms with Gasteiger partial charge in [0.05, 0.1) is 16.2 Å². The van der Waals surface area contributed by atoms with Crippen LogP contribution in [-0.2, 0) is 32.7 Å². The third-order valence-corrected chi connectivity index (χ3v) is 7.13. The van der Waals surface area contributed by atoms with Crippen molar-refractivity contribution >= 4 is 50.4 Å². The van der Waals surface area contributed by atoms with Gasteiger partial charge in [0, 0.05) is 24.0 Å². The lowest BCUT2D eigenvalue weighted by atomic mass is 10.1. The van der Waals surface area contributed by atoms with E-state index in [1.807, 2.05) is 4.90 Å². The number of anilines is 2. The van der Waals surface area contributed by atoms with E-state index in [0.717, 1.165) is 22.2 Å². The summed E-state index contributed by atoms with van der Waals surface area (Å²) in [4.78, 5) is 19.5. The molecule has 0 fully saturated rings. The van der Waals surface area contributed by atoms with Gasteiger partial charge >= 0.3 is 12.1 Å². The highest BCUT2D eigenvalue weighted by Crippen LogP contribution is 2.33. The van der Waals surface area contributed by atoms with Gasteiger partial charge in [-0.25, -0.2) is 18.6 Å². The first-order valence-corrected chi connectivity index (χ1v) is 12.8. The number of nitrogens with zero attached hydrogens (tertiary/aromatic N) is 3. The fourth-order valence-corrected chi connectivity index (χ4v) is 5.20. The van der Waals surface area contributed by atoms with Gasteiger partial charge in [0.25, 0.3) is 10.0 Å². The van der Waals surface area contributed by atoms with Gasteiger partial charge in [0.1, 0.15) is 16.5 Å². The molecule has 0 aliphatic rings. The van der Waals surface area contributed by atoms with Crippen LogP contribution in [0, 0.1) is 11.6 Å². The van der Waals surface area contributed by atoms with Crippen molar-refractivity contribution in [2.24, 2.45) is 0 Å². The monoisotopic (exact) mass is 584 g/mol. The van der Waals surface area contributed by atoms with Crippen molar-refractivity contribution in [1.29, 1.82) is 0 Å². The first-order chi connectivity index (χ1) is 17.2. The number of hydrogen-bond donors (Lipinski definition) is 1. The number of carbonyl (C=O) groups excluding carboxylic acids is 1. The first kappa shape index (κ1) is 28.6. The van der Waals surface area contributed by atoms with Gasteiger partial charge in [-0.3, -0.25) is 0 Å². The van der Waals surface area contributed by atoms with Gasteiger partial charge in [0.2, 0.25) is 0 Å². The summed E-state index contributed by atoms with van der Waals surface area (Å²) in [6, 6.07) is 5.77. The lowest BCUT2D eigenvalue weighted by molar-refractivity contribution is -0.199. The molecule has 0 aliphatic heterocycles. The molecule has 16 heteroatoms. The minimum absolute atomic E-state index is 0.121. The Bertz CT molecular complexity index is 1390. The van der Waals surface area contributed by atoms with E-state index in [1.54, 1.807) is 20.2 Å². The Hall–Kier alpha value is -3.01. The summed E-state index contributed by atoms with van der Waals surface area (Å²) in [6.45, 7) is 0.256. The van der Waals surface area contributed by atoms with Gasteiger partial charge in [-0.15, -0.1) is 11.3 Å². The zero-order valence-corrected chi connectivity index (χ0v) is 21.4. The topological polar surface area (TPSA) is 91.8 Å². The lowest BCUT2D eigenvalue weighted by Crippen LogP contribution is -2.39. The van der Waals surface area contributed by atoms with Crippen LogP contribution in [0.25, 0.3) is 0 Å². The molecule has 0 radical (unpaired) electrons. The maximum Gasteiger partial charge on any atom is 0.493 e. The largest absolute Gasteiger partial charge is 0.493 e. The predicted octanol–water partition coefficient (Wildman–Crippen LogP) is 4.96. The lowest BCUT2D eigenvalue weighted by Gasteiger charge is -2.22. The molecule has 0 amide bonds. The molecular formula is C21H18ClF5N4O4S2. The second-order valence-electron chi connectivity index (χ2n) is 7.69. The molecule has 0 spiro atoms. The van der Waals surface area contributed by atoms with Crippen LogP contribution in [0.1, 0.15) is 11.1 Å². The summed E-state index contributed by atoms with van der Waals surface area (Å²) in [6.07, 6.45) is -5.55. The number of benzene rings is 2. The normalized spacial score (nSPS) is 12.0. The quantitative estimate of drug-likeness (QED) is 0.281. The van der Waals surface area contributed by atoms with Gasteiger partial charge in [-0.05, 0) is 37.9 Å². The molecule has 3 rings (SSSR count). The Labute approximate surface area is 217 Å². The molecule has 2 aromatic carbocycles. The average molecular weight is 585 g/mol. The van der Waals surface area contributed by atoms with Crippen LogP contribution < -0.4 is 9.79 Å². The van der Waals surface area contributed by atoms with E-state index in [9.17, 15) is 35.2 Å². The Morgan fingerprint density at radius 3 is 2.49 bits per heavy atom. The molecule has 8 nitrogen and oxygen atoms in total. The Balaban J connectivity index is 1.94. The number of aromatic nitrogens is 1. The zero-order chi connectivity index (χ0) is 27.5. The fourth-order valence-electron chi connectivity index (χ4n) is 3.07. The standard InChI is InChI=1S/C21H18ClF5N4O4S2/c1-30(2)9-12-4-3-5-15(23)13(12)8-28-17-7-16(24)18(6-14(17)22)37(33,34)31(19-10-36-11-29-19)35-20(32)21(25,26)27/h3-7,10-11,28H,8-9H2,1-2H3. The summed E-state index contributed by atoms with van der Waals surface area (Å²) in [5.74, 6) is -5.55. The van der Waals surface area contributed by atoms with Crippen LogP contribution in [0.5, 0.6) is 0 Å². The highest BCUT2D eigenvalue weighted by Gasteiger charge is 2.45. The van der Waals surface area contributed by atoms with Gasteiger partial charge in [0.15, 0.2) is 5.82 Å². The van der Waals surface area contributed by atoms with Crippen molar-refractivity contribution in [2.75, 3.05) is 23.9 Å². The molecule has 0 aliphatic carbocycles. The summed E-state index contributed by atoms with van der Waals surface area (Å²) in [5.41, 5.74) is 1.84. The third-order valence-electron chi connectivity index (χ3n) is 4.68. The number of nitrogens with one attached hydrogen (secondary N) is 1. The van der Waals surface area contributed by atoms with Crippen molar-refractivity contribution in [1.82, 2.24) is 9.88 Å². The van der Waals surface area contributed by atoms with Crippen LogP contribution >= 0.6 is 22.9 Å². The Morgan fingerprint density at radius 1 is 1.19 bits per heavy atom. The molecule has 0 saturated carbocycles. The van der Waals surface area contributed by atoms with Crippen molar-refractivity contribution in [3.8, 4) is 0 Å². The second-order valence-corrected chi connectivity index (χ2v) is 10.5. The fraction of sp³-hybridized carbons (Fsp3) is 0.238. The van der Waals surface area contributed by atoms with Crippen LogP contribution in [-0.4, -0.2) is 44.5 Å². The smallest absolute Gasteiger partial charge is 0.380 e. The van der Waals surface area contributed by atoms with Crippen LogP contribution in [0.2, 0.25) is 5.02 Å². The number of rotatable bonds is 9.